The lowest BCUT2D eigenvalue weighted by Gasteiger charge is -2.25. The van der Waals surface area contributed by atoms with E-state index in [1.165, 1.54) is 0 Å². The van der Waals surface area contributed by atoms with Gasteiger partial charge in [-0.15, -0.1) is 0 Å². The van der Waals surface area contributed by atoms with Gasteiger partial charge in [0, 0.05) is 24.8 Å². The molecule has 13 heavy (non-hydrogen) atoms. The van der Waals surface area contributed by atoms with Gasteiger partial charge < -0.3 is 15.2 Å². The molecule has 0 saturated carbocycles. The van der Waals surface area contributed by atoms with E-state index in [1.54, 1.807) is 7.11 Å². The minimum atomic E-state index is 0.0879. The van der Waals surface area contributed by atoms with Crippen LogP contribution in [0.3, 0.4) is 0 Å². The van der Waals surface area contributed by atoms with Gasteiger partial charge >= 0.3 is 0 Å². The highest BCUT2D eigenvalue weighted by Gasteiger charge is 2.22. The van der Waals surface area contributed by atoms with Crippen molar-refractivity contribution in [1.29, 1.82) is 0 Å². The lowest BCUT2D eigenvalue weighted by molar-refractivity contribution is 0.0643. The maximum atomic E-state index is 5.85. The monoisotopic (exact) mass is 179 g/mol. The first-order valence-corrected chi connectivity index (χ1v) is 4.37. The van der Waals surface area contributed by atoms with Crippen LogP contribution in [-0.4, -0.2) is 13.7 Å². The van der Waals surface area contributed by atoms with Crippen LogP contribution < -0.4 is 10.5 Å². The van der Waals surface area contributed by atoms with Gasteiger partial charge in [0.05, 0.1) is 12.7 Å². The molecule has 2 N–H and O–H groups in total. The van der Waals surface area contributed by atoms with Crippen molar-refractivity contribution >= 4 is 5.69 Å². The number of ether oxygens (including phenoxy) is 2. The summed E-state index contributed by atoms with van der Waals surface area (Å²) < 4.78 is 10.8. The fourth-order valence-electron chi connectivity index (χ4n) is 1.69. The van der Waals surface area contributed by atoms with E-state index in [2.05, 4.69) is 0 Å². The number of methoxy groups -OCH3 is 1. The number of anilines is 1. The third kappa shape index (κ3) is 1.35. The van der Waals surface area contributed by atoms with E-state index in [9.17, 15) is 0 Å². The zero-order chi connectivity index (χ0) is 9.26. The SMILES string of the molecule is COC1CCOc2cccc(N)c21. The van der Waals surface area contributed by atoms with Gasteiger partial charge in [0.1, 0.15) is 5.75 Å². The van der Waals surface area contributed by atoms with E-state index in [4.69, 9.17) is 15.2 Å². The summed E-state index contributed by atoms with van der Waals surface area (Å²) >= 11 is 0. The van der Waals surface area contributed by atoms with Crippen molar-refractivity contribution in [3.63, 3.8) is 0 Å². The Morgan fingerprint density at radius 3 is 3.15 bits per heavy atom. The van der Waals surface area contributed by atoms with Gasteiger partial charge in [-0.2, -0.15) is 0 Å². The molecule has 0 saturated heterocycles. The topological polar surface area (TPSA) is 44.5 Å². The first-order chi connectivity index (χ1) is 6.33. The number of benzene rings is 1. The smallest absolute Gasteiger partial charge is 0.127 e. The van der Waals surface area contributed by atoms with Crippen LogP contribution in [0.5, 0.6) is 5.75 Å². The summed E-state index contributed by atoms with van der Waals surface area (Å²) in [6.45, 7) is 0.703. The van der Waals surface area contributed by atoms with Gasteiger partial charge in [-0.3, -0.25) is 0 Å². The Hall–Kier alpha value is -1.22. The Morgan fingerprint density at radius 1 is 1.54 bits per heavy atom. The van der Waals surface area contributed by atoms with E-state index in [1.807, 2.05) is 18.2 Å². The number of hydrogen-bond acceptors (Lipinski definition) is 3. The summed E-state index contributed by atoms with van der Waals surface area (Å²) in [6.07, 6.45) is 0.961. The highest BCUT2D eigenvalue weighted by molar-refractivity contribution is 5.56. The quantitative estimate of drug-likeness (QED) is 0.668. The fraction of sp³-hybridized carbons (Fsp3) is 0.400. The van der Waals surface area contributed by atoms with E-state index in [0.717, 1.165) is 23.4 Å². The molecule has 0 fully saturated rings. The summed E-state index contributed by atoms with van der Waals surface area (Å²) in [5, 5.41) is 0. The van der Waals surface area contributed by atoms with Crippen molar-refractivity contribution < 1.29 is 9.47 Å². The second-order valence-corrected chi connectivity index (χ2v) is 3.12. The maximum absolute atomic E-state index is 5.85. The van der Waals surface area contributed by atoms with Gasteiger partial charge in [0.25, 0.3) is 0 Å². The molecule has 1 aliphatic heterocycles. The number of rotatable bonds is 1. The molecule has 1 unspecified atom stereocenters. The van der Waals surface area contributed by atoms with Crippen molar-refractivity contribution in [3.8, 4) is 5.75 Å². The number of nitrogen functional groups attached to an aromatic ring is 1. The third-order valence-corrected chi connectivity index (χ3v) is 2.34. The van der Waals surface area contributed by atoms with E-state index in [0.29, 0.717) is 6.61 Å². The molecule has 70 valence electrons. The highest BCUT2D eigenvalue weighted by atomic mass is 16.5. The van der Waals surface area contributed by atoms with Crippen LogP contribution >= 0.6 is 0 Å². The molecule has 3 nitrogen and oxygen atoms in total. The van der Waals surface area contributed by atoms with Crippen molar-refractivity contribution in [2.75, 3.05) is 19.5 Å². The number of fused-ring (bicyclic) bond motifs is 1. The van der Waals surface area contributed by atoms with Crippen LogP contribution in [0.4, 0.5) is 5.69 Å². The molecular weight excluding hydrogens is 166 g/mol. The van der Waals surface area contributed by atoms with Crippen LogP contribution in [0.2, 0.25) is 0 Å². The Morgan fingerprint density at radius 2 is 2.38 bits per heavy atom. The molecule has 0 aromatic heterocycles. The summed E-state index contributed by atoms with van der Waals surface area (Å²) in [7, 11) is 1.70. The van der Waals surface area contributed by atoms with Crippen LogP contribution in [-0.2, 0) is 4.74 Å². The number of hydrogen-bond donors (Lipinski definition) is 1. The summed E-state index contributed by atoms with van der Waals surface area (Å²) in [5.74, 6) is 0.859. The minimum absolute atomic E-state index is 0.0879. The van der Waals surface area contributed by atoms with E-state index in [-0.39, 0.29) is 6.10 Å². The molecule has 0 spiro atoms. The van der Waals surface area contributed by atoms with Gasteiger partial charge in [0.15, 0.2) is 0 Å². The molecule has 1 aromatic rings. The molecule has 0 bridgehead atoms. The lowest BCUT2D eigenvalue weighted by atomic mass is 10.0. The summed E-state index contributed by atoms with van der Waals surface area (Å²) in [5.41, 5.74) is 7.60. The molecule has 3 heteroatoms. The van der Waals surface area contributed by atoms with E-state index >= 15 is 0 Å². The Labute approximate surface area is 77.5 Å². The van der Waals surface area contributed by atoms with Crippen LogP contribution in [0, 0.1) is 0 Å². The summed E-state index contributed by atoms with van der Waals surface area (Å²) in [6, 6.07) is 5.70. The molecular formula is C10H13NO2. The van der Waals surface area contributed by atoms with Gasteiger partial charge in [0.2, 0.25) is 0 Å². The van der Waals surface area contributed by atoms with E-state index < -0.39 is 0 Å². The van der Waals surface area contributed by atoms with Crippen LogP contribution in [0.25, 0.3) is 0 Å². The van der Waals surface area contributed by atoms with Crippen LogP contribution in [0.15, 0.2) is 18.2 Å². The normalized spacial score (nSPS) is 20.5. The molecule has 0 aliphatic carbocycles. The zero-order valence-electron chi connectivity index (χ0n) is 7.62. The van der Waals surface area contributed by atoms with Gasteiger partial charge in [-0.25, -0.2) is 0 Å². The van der Waals surface area contributed by atoms with Gasteiger partial charge in [-0.05, 0) is 12.1 Å². The molecule has 0 amide bonds. The first-order valence-electron chi connectivity index (χ1n) is 4.37. The minimum Gasteiger partial charge on any atom is -0.493 e. The fourth-order valence-corrected chi connectivity index (χ4v) is 1.69. The Kier molecular flexibility index (Phi) is 2.10. The second-order valence-electron chi connectivity index (χ2n) is 3.12. The average Bonchev–Trinajstić information content (AvgIpc) is 2.17. The predicted octanol–water partition coefficient (Wildman–Crippen LogP) is 1.74. The molecule has 1 aromatic carbocycles. The Bertz CT molecular complexity index is 312. The average molecular weight is 179 g/mol. The Balaban J connectivity index is 2.47. The van der Waals surface area contributed by atoms with Gasteiger partial charge in [-0.1, -0.05) is 6.07 Å². The largest absolute Gasteiger partial charge is 0.493 e. The van der Waals surface area contributed by atoms with Crippen molar-refractivity contribution in [2.45, 2.75) is 12.5 Å². The zero-order valence-corrected chi connectivity index (χ0v) is 7.62. The molecule has 0 radical (unpaired) electrons. The first kappa shape index (κ1) is 8.38. The molecule has 1 atom stereocenters. The third-order valence-electron chi connectivity index (χ3n) is 2.34. The predicted molar refractivity (Wildman–Crippen MR) is 50.7 cm³/mol. The standard InChI is InChI=1S/C10H13NO2/c1-12-8-5-6-13-9-4-2-3-7(11)10(8)9/h2-4,8H,5-6,11H2,1H3. The lowest BCUT2D eigenvalue weighted by Crippen LogP contribution is -2.17. The van der Waals surface area contributed by atoms with Crippen molar-refractivity contribution in [2.24, 2.45) is 0 Å². The molecule has 2 rings (SSSR count). The number of nitrogens with two attached hydrogens (primary N) is 1. The van der Waals surface area contributed by atoms with Crippen LogP contribution in [0.1, 0.15) is 18.1 Å². The summed E-state index contributed by atoms with van der Waals surface area (Å²) in [4.78, 5) is 0. The molecule has 1 heterocycles. The maximum Gasteiger partial charge on any atom is 0.127 e. The second kappa shape index (κ2) is 3.26. The molecule has 1 aliphatic rings. The van der Waals surface area contributed by atoms with Crippen molar-refractivity contribution in [3.05, 3.63) is 23.8 Å². The highest BCUT2D eigenvalue weighted by Crippen LogP contribution is 2.37. The van der Waals surface area contributed by atoms with Crippen molar-refractivity contribution in [1.82, 2.24) is 0 Å².